The zero-order valence-electron chi connectivity index (χ0n) is 14.1. The molecule has 2 aromatic carbocycles. The van der Waals surface area contributed by atoms with Crippen molar-refractivity contribution in [3.05, 3.63) is 64.7 Å². The Morgan fingerprint density at radius 2 is 1.84 bits per heavy atom. The van der Waals surface area contributed by atoms with Crippen LogP contribution in [-0.2, 0) is 11.2 Å². The average molecular weight is 360 g/mol. The smallest absolute Gasteiger partial charge is 0.252 e. The first kappa shape index (κ1) is 18.8. The third-order valence-electron chi connectivity index (χ3n) is 3.70. The number of carbonyl (C=O) groups excluding carboxylic acids is 2. The van der Waals surface area contributed by atoms with Crippen molar-refractivity contribution < 1.29 is 9.59 Å². The summed E-state index contributed by atoms with van der Waals surface area (Å²) in [5, 5.41) is 8.74. The molecule has 0 bridgehead atoms. The van der Waals surface area contributed by atoms with Crippen molar-refractivity contribution in [2.24, 2.45) is 0 Å². The van der Waals surface area contributed by atoms with Gasteiger partial charge in [-0.15, -0.1) is 0 Å². The first-order chi connectivity index (χ1) is 12.1. The van der Waals surface area contributed by atoms with Crippen LogP contribution in [0.5, 0.6) is 0 Å². The van der Waals surface area contributed by atoms with Crippen LogP contribution < -0.4 is 16.0 Å². The second-order valence-electron chi connectivity index (χ2n) is 5.57. The molecule has 0 fully saturated rings. The number of carbonyl (C=O) groups is 2. The summed E-state index contributed by atoms with van der Waals surface area (Å²) in [6, 6.07) is 15.2. The standard InChI is InChI=1S/C19H22ClN3O2/c1-21-19(25)16-10-9-15(12-17(16)20)23-13-18(24)22-11-5-8-14-6-3-2-4-7-14/h2-4,6-7,9-10,12,23H,5,8,11,13H2,1H3,(H,21,25)(H,22,24). The Morgan fingerprint density at radius 3 is 2.52 bits per heavy atom. The van der Waals surface area contributed by atoms with Crippen LogP contribution in [0.4, 0.5) is 5.69 Å². The number of hydrogen-bond donors (Lipinski definition) is 3. The minimum absolute atomic E-state index is 0.0837. The molecule has 0 saturated carbocycles. The SMILES string of the molecule is CNC(=O)c1ccc(NCC(=O)NCCCc2ccccc2)cc1Cl. The van der Waals surface area contributed by atoms with Crippen molar-refractivity contribution in [3.8, 4) is 0 Å². The molecular formula is C19H22ClN3O2. The third-order valence-corrected chi connectivity index (χ3v) is 4.01. The van der Waals surface area contributed by atoms with Crippen molar-refractivity contribution in [2.75, 3.05) is 25.5 Å². The van der Waals surface area contributed by atoms with Crippen molar-refractivity contribution >= 4 is 29.1 Å². The monoisotopic (exact) mass is 359 g/mol. The van der Waals surface area contributed by atoms with E-state index in [1.807, 2.05) is 18.2 Å². The highest BCUT2D eigenvalue weighted by atomic mass is 35.5. The van der Waals surface area contributed by atoms with Gasteiger partial charge in [-0.3, -0.25) is 9.59 Å². The van der Waals surface area contributed by atoms with Gasteiger partial charge in [0.2, 0.25) is 5.91 Å². The maximum Gasteiger partial charge on any atom is 0.252 e. The molecule has 132 valence electrons. The number of rotatable bonds is 8. The van der Waals surface area contributed by atoms with E-state index in [9.17, 15) is 9.59 Å². The molecular weight excluding hydrogens is 338 g/mol. The van der Waals surface area contributed by atoms with Gasteiger partial charge in [0.05, 0.1) is 17.1 Å². The number of aryl methyl sites for hydroxylation is 1. The summed E-state index contributed by atoms with van der Waals surface area (Å²) in [6.07, 6.45) is 1.83. The highest BCUT2D eigenvalue weighted by molar-refractivity contribution is 6.34. The Labute approximate surface area is 152 Å². The predicted octanol–water partition coefficient (Wildman–Crippen LogP) is 2.86. The predicted molar refractivity (Wildman–Crippen MR) is 101 cm³/mol. The fourth-order valence-corrected chi connectivity index (χ4v) is 2.62. The molecule has 2 rings (SSSR count). The Balaban J connectivity index is 1.71. The Kier molecular flexibility index (Phi) is 7.29. The van der Waals surface area contributed by atoms with Gasteiger partial charge in [0, 0.05) is 19.3 Å². The molecule has 0 aliphatic rings. The number of anilines is 1. The van der Waals surface area contributed by atoms with Crippen molar-refractivity contribution in [1.29, 1.82) is 0 Å². The van der Waals surface area contributed by atoms with Gasteiger partial charge in [0.1, 0.15) is 0 Å². The number of halogens is 1. The summed E-state index contributed by atoms with van der Waals surface area (Å²) in [6.45, 7) is 0.784. The van der Waals surface area contributed by atoms with E-state index in [1.54, 1.807) is 25.2 Å². The highest BCUT2D eigenvalue weighted by Gasteiger charge is 2.09. The molecule has 0 saturated heterocycles. The number of benzene rings is 2. The summed E-state index contributed by atoms with van der Waals surface area (Å²) in [4.78, 5) is 23.4. The van der Waals surface area contributed by atoms with Gasteiger partial charge >= 0.3 is 0 Å². The molecule has 0 heterocycles. The summed E-state index contributed by atoms with van der Waals surface area (Å²) < 4.78 is 0. The molecule has 0 aliphatic carbocycles. The maximum absolute atomic E-state index is 11.9. The van der Waals surface area contributed by atoms with Gasteiger partial charge in [-0.2, -0.15) is 0 Å². The summed E-state index contributed by atoms with van der Waals surface area (Å²) in [7, 11) is 1.55. The lowest BCUT2D eigenvalue weighted by Crippen LogP contribution is -2.30. The molecule has 2 aromatic rings. The fourth-order valence-electron chi connectivity index (χ4n) is 2.35. The van der Waals surface area contributed by atoms with Gasteiger partial charge in [0.15, 0.2) is 0 Å². The molecule has 0 aliphatic heterocycles. The van der Waals surface area contributed by atoms with E-state index in [-0.39, 0.29) is 18.4 Å². The topological polar surface area (TPSA) is 70.2 Å². The molecule has 25 heavy (non-hydrogen) atoms. The lowest BCUT2D eigenvalue weighted by molar-refractivity contribution is -0.119. The van der Waals surface area contributed by atoms with E-state index in [4.69, 9.17) is 11.6 Å². The normalized spacial score (nSPS) is 10.2. The van der Waals surface area contributed by atoms with E-state index in [1.165, 1.54) is 5.56 Å². The Hall–Kier alpha value is -2.53. The molecule has 0 atom stereocenters. The highest BCUT2D eigenvalue weighted by Crippen LogP contribution is 2.20. The quantitative estimate of drug-likeness (QED) is 0.635. The van der Waals surface area contributed by atoms with Crippen molar-refractivity contribution in [2.45, 2.75) is 12.8 Å². The number of hydrogen-bond acceptors (Lipinski definition) is 3. The van der Waals surface area contributed by atoms with Crippen molar-refractivity contribution in [3.63, 3.8) is 0 Å². The fraction of sp³-hybridized carbons (Fsp3) is 0.263. The summed E-state index contributed by atoms with van der Waals surface area (Å²) >= 11 is 6.08. The van der Waals surface area contributed by atoms with Crippen LogP contribution in [0.2, 0.25) is 5.02 Å². The zero-order valence-corrected chi connectivity index (χ0v) is 14.9. The van der Waals surface area contributed by atoms with Gasteiger partial charge in [-0.25, -0.2) is 0 Å². The second-order valence-corrected chi connectivity index (χ2v) is 5.97. The molecule has 6 heteroatoms. The summed E-state index contributed by atoms with van der Waals surface area (Å²) in [5.41, 5.74) is 2.36. The largest absolute Gasteiger partial charge is 0.376 e. The van der Waals surface area contributed by atoms with Gasteiger partial charge < -0.3 is 16.0 Å². The van der Waals surface area contributed by atoms with Crippen LogP contribution in [0.15, 0.2) is 48.5 Å². The third kappa shape index (κ3) is 6.12. The zero-order chi connectivity index (χ0) is 18.1. The first-order valence-corrected chi connectivity index (χ1v) is 8.54. The Bertz CT molecular complexity index is 720. The van der Waals surface area contributed by atoms with Crippen LogP contribution in [0.25, 0.3) is 0 Å². The van der Waals surface area contributed by atoms with Crippen molar-refractivity contribution in [1.82, 2.24) is 10.6 Å². The van der Waals surface area contributed by atoms with Crippen LogP contribution in [0, 0.1) is 0 Å². The Morgan fingerprint density at radius 1 is 1.08 bits per heavy atom. The maximum atomic E-state index is 11.9. The van der Waals surface area contributed by atoms with E-state index >= 15 is 0 Å². The minimum Gasteiger partial charge on any atom is -0.376 e. The van der Waals surface area contributed by atoms with Crippen LogP contribution in [0.1, 0.15) is 22.3 Å². The van der Waals surface area contributed by atoms with Crippen LogP contribution in [-0.4, -0.2) is 32.0 Å². The minimum atomic E-state index is -0.243. The number of amides is 2. The molecule has 0 radical (unpaired) electrons. The van der Waals surface area contributed by atoms with Gasteiger partial charge in [-0.05, 0) is 36.6 Å². The van der Waals surface area contributed by atoms with E-state index < -0.39 is 0 Å². The average Bonchev–Trinajstić information content (AvgIpc) is 2.64. The van der Waals surface area contributed by atoms with E-state index in [2.05, 4.69) is 28.1 Å². The lowest BCUT2D eigenvalue weighted by Gasteiger charge is -2.10. The van der Waals surface area contributed by atoms with E-state index in [0.29, 0.717) is 22.8 Å². The molecule has 5 nitrogen and oxygen atoms in total. The second kappa shape index (κ2) is 9.69. The first-order valence-electron chi connectivity index (χ1n) is 8.16. The van der Waals surface area contributed by atoms with Gasteiger partial charge in [0.25, 0.3) is 5.91 Å². The molecule has 3 N–H and O–H groups in total. The summed E-state index contributed by atoms with van der Waals surface area (Å²) in [5.74, 6) is -0.327. The van der Waals surface area contributed by atoms with E-state index in [0.717, 1.165) is 12.8 Å². The molecule has 0 spiro atoms. The molecule has 0 aromatic heterocycles. The molecule has 2 amide bonds. The molecule has 0 unspecified atom stereocenters. The van der Waals surface area contributed by atoms with Crippen LogP contribution in [0.3, 0.4) is 0 Å². The van der Waals surface area contributed by atoms with Crippen LogP contribution >= 0.6 is 11.6 Å². The lowest BCUT2D eigenvalue weighted by atomic mass is 10.1. The number of nitrogens with one attached hydrogen (secondary N) is 3. The van der Waals surface area contributed by atoms with Gasteiger partial charge in [-0.1, -0.05) is 41.9 Å².